The normalized spacial score (nSPS) is 18.1. The van der Waals surface area contributed by atoms with Crippen LogP contribution in [0.3, 0.4) is 0 Å². The van der Waals surface area contributed by atoms with Gasteiger partial charge in [-0.15, -0.1) is 5.10 Å². The molecular formula is C29H30F3N7. The van der Waals surface area contributed by atoms with Gasteiger partial charge in [0.1, 0.15) is 0 Å². The number of anilines is 2. The predicted molar refractivity (Wildman–Crippen MR) is 143 cm³/mol. The fourth-order valence-corrected chi connectivity index (χ4v) is 5.66. The van der Waals surface area contributed by atoms with Crippen molar-refractivity contribution in [2.45, 2.75) is 57.3 Å². The Morgan fingerprint density at radius 3 is 2.44 bits per heavy atom. The molecule has 0 spiro atoms. The third-order valence-electron chi connectivity index (χ3n) is 7.66. The number of benzene rings is 2. The van der Waals surface area contributed by atoms with Gasteiger partial charge in [-0.3, -0.25) is 0 Å². The second-order valence-corrected chi connectivity index (χ2v) is 10.3. The molecule has 4 aromatic rings. The van der Waals surface area contributed by atoms with E-state index in [1.807, 2.05) is 42.5 Å². The van der Waals surface area contributed by atoms with Gasteiger partial charge in [0, 0.05) is 17.3 Å². The average Bonchev–Trinajstić information content (AvgIpc) is 3.56. The van der Waals surface area contributed by atoms with Crippen LogP contribution >= 0.6 is 0 Å². The van der Waals surface area contributed by atoms with Crippen LogP contribution in [0, 0.1) is 0 Å². The average molecular weight is 534 g/mol. The van der Waals surface area contributed by atoms with Crippen LogP contribution in [-0.4, -0.2) is 49.0 Å². The third-order valence-corrected chi connectivity index (χ3v) is 7.66. The van der Waals surface area contributed by atoms with Crippen LogP contribution in [0.4, 0.5) is 24.8 Å². The first-order chi connectivity index (χ1) is 18.9. The molecule has 7 nitrogen and oxygen atoms in total. The maximum absolute atomic E-state index is 13.6. The molecule has 10 heteroatoms. The Balaban J connectivity index is 1.24. The zero-order chi connectivity index (χ0) is 26.8. The summed E-state index contributed by atoms with van der Waals surface area (Å²) in [5, 5.41) is 15.1. The summed E-state index contributed by atoms with van der Waals surface area (Å²) in [6.45, 7) is 2.36. The van der Waals surface area contributed by atoms with Crippen LogP contribution in [-0.2, 0) is 25.6 Å². The van der Waals surface area contributed by atoms with E-state index in [2.05, 4.69) is 36.6 Å². The quantitative estimate of drug-likeness (QED) is 0.312. The van der Waals surface area contributed by atoms with Gasteiger partial charge in [0.2, 0.25) is 5.95 Å². The van der Waals surface area contributed by atoms with Crippen molar-refractivity contribution < 1.29 is 13.2 Å². The van der Waals surface area contributed by atoms with Crippen LogP contribution in [0.25, 0.3) is 11.1 Å². The number of likely N-dealkylation sites (tertiary alicyclic amines) is 1. The Labute approximate surface area is 225 Å². The number of nitrogens with zero attached hydrogens (tertiary/aromatic N) is 6. The molecule has 3 heterocycles. The van der Waals surface area contributed by atoms with Gasteiger partial charge in [0.15, 0.2) is 0 Å². The summed E-state index contributed by atoms with van der Waals surface area (Å²) in [5.74, 6) is -1.18. The molecule has 0 amide bonds. The van der Waals surface area contributed by atoms with Gasteiger partial charge >= 0.3 is 6.18 Å². The van der Waals surface area contributed by atoms with Crippen molar-refractivity contribution in [2.24, 2.45) is 0 Å². The first-order valence-corrected chi connectivity index (χ1v) is 13.4. The summed E-state index contributed by atoms with van der Waals surface area (Å²) in [4.78, 5) is 6.42. The molecule has 1 unspecified atom stereocenters. The number of alkyl halides is 3. The van der Waals surface area contributed by atoms with Crippen LogP contribution in [0.15, 0.2) is 60.8 Å². The van der Waals surface area contributed by atoms with Gasteiger partial charge in [0.25, 0.3) is 5.82 Å². The van der Waals surface area contributed by atoms with Crippen molar-refractivity contribution in [3.05, 3.63) is 83.4 Å². The first-order valence-electron chi connectivity index (χ1n) is 13.4. The van der Waals surface area contributed by atoms with Gasteiger partial charge in [0.05, 0.1) is 18.4 Å². The monoisotopic (exact) mass is 533 g/mol. The minimum atomic E-state index is -4.67. The van der Waals surface area contributed by atoms with E-state index in [4.69, 9.17) is 0 Å². The van der Waals surface area contributed by atoms with Crippen LogP contribution in [0.2, 0.25) is 0 Å². The highest BCUT2D eigenvalue weighted by Gasteiger charge is 2.37. The number of hydrogen-bond acceptors (Lipinski definition) is 6. The lowest BCUT2D eigenvalue weighted by Gasteiger charge is -2.25. The number of fused-ring (bicyclic) bond motifs is 1. The first kappa shape index (κ1) is 25.5. The van der Waals surface area contributed by atoms with Gasteiger partial charge in [-0.25, -0.2) is 4.68 Å². The summed E-state index contributed by atoms with van der Waals surface area (Å²) >= 11 is 0. The van der Waals surface area contributed by atoms with Crippen LogP contribution < -0.4 is 5.32 Å². The molecule has 2 aromatic carbocycles. The number of aryl methyl sites for hydroxylation is 2. The molecule has 1 fully saturated rings. The molecule has 39 heavy (non-hydrogen) atoms. The largest absolute Gasteiger partial charge is 0.453 e. The molecular weight excluding hydrogens is 503 g/mol. The number of rotatable bonds is 6. The lowest BCUT2D eigenvalue weighted by atomic mass is 10.0. The molecule has 1 aliphatic carbocycles. The molecule has 0 bridgehead atoms. The zero-order valence-electron chi connectivity index (χ0n) is 21.5. The van der Waals surface area contributed by atoms with Crippen LogP contribution in [0.1, 0.15) is 48.3 Å². The van der Waals surface area contributed by atoms with Crippen molar-refractivity contribution in [2.75, 3.05) is 18.4 Å². The van der Waals surface area contributed by atoms with E-state index in [0.717, 1.165) is 36.8 Å². The maximum atomic E-state index is 13.6. The molecule has 2 aliphatic rings. The topological polar surface area (TPSA) is 71.8 Å². The Bertz CT molecular complexity index is 1430. The molecule has 6 rings (SSSR count). The second kappa shape index (κ2) is 10.8. The Hall–Kier alpha value is -3.79. The molecule has 0 saturated carbocycles. The second-order valence-electron chi connectivity index (χ2n) is 10.3. The smallest absolute Gasteiger partial charge is 0.324 e. The lowest BCUT2D eigenvalue weighted by molar-refractivity contribution is -0.144. The SMILES string of the molecule is FC(F)(F)c1nc(Nc2ccc3c(c2)CCC(N2CCCC2)CC3)n(Cc2cc(-c3ccccc3)cnn2)n1. The fourth-order valence-electron chi connectivity index (χ4n) is 5.66. The highest BCUT2D eigenvalue weighted by molar-refractivity contribution is 5.62. The van der Waals surface area contributed by atoms with E-state index < -0.39 is 12.0 Å². The van der Waals surface area contributed by atoms with Gasteiger partial charge in [-0.2, -0.15) is 28.4 Å². The van der Waals surface area contributed by atoms with Crippen molar-refractivity contribution in [1.29, 1.82) is 0 Å². The third kappa shape index (κ3) is 5.80. The standard InChI is InChI=1S/C29H30F3N7/c30-29(31,32)27-35-28(39(37-27)19-25-17-23(18-33-36-25)20-6-2-1-3-7-20)34-24-11-8-21-9-12-26(13-10-22(21)16-24)38-14-4-5-15-38/h1-3,6-8,11,16-18,26H,4-5,9-10,12-15,19H2,(H,34,35,37). The number of nitrogens with one attached hydrogen (secondary N) is 1. The zero-order valence-corrected chi connectivity index (χ0v) is 21.5. The summed E-state index contributed by atoms with van der Waals surface area (Å²) < 4.78 is 41.9. The molecule has 1 aliphatic heterocycles. The molecule has 2 aromatic heterocycles. The Morgan fingerprint density at radius 1 is 0.897 bits per heavy atom. The fraction of sp³-hybridized carbons (Fsp3) is 0.379. The summed E-state index contributed by atoms with van der Waals surface area (Å²) in [6.07, 6.45) is 3.73. The molecule has 0 radical (unpaired) electrons. The number of halogens is 3. The van der Waals surface area contributed by atoms with E-state index in [1.54, 1.807) is 12.3 Å². The van der Waals surface area contributed by atoms with E-state index >= 15 is 0 Å². The van der Waals surface area contributed by atoms with Gasteiger partial charge in [-0.05, 0) is 86.5 Å². The van der Waals surface area contributed by atoms with E-state index in [0.29, 0.717) is 17.4 Å². The van der Waals surface area contributed by atoms with E-state index in [-0.39, 0.29) is 12.5 Å². The molecule has 1 N–H and O–H groups in total. The van der Waals surface area contributed by atoms with Crippen LogP contribution in [0.5, 0.6) is 0 Å². The summed E-state index contributed by atoms with van der Waals surface area (Å²) in [7, 11) is 0. The number of aromatic nitrogens is 5. The molecule has 1 saturated heterocycles. The maximum Gasteiger partial charge on any atom is 0.453 e. The minimum Gasteiger partial charge on any atom is -0.324 e. The molecule has 202 valence electrons. The highest BCUT2D eigenvalue weighted by Crippen LogP contribution is 2.31. The van der Waals surface area contributed by atoms with E-state index in [1.165, 1.54) is 41.7 Å². The Morgan fingerprint density at radius 2 is 1.67 bits per heavy atom. The minimum absolute atomic E-state index is 0.0118. The number of hydrogen-bond donors (Lipinski definition) is 1. The summed E-state index contributed by atoms with van der Waals surface area (Å²) in [5.41, 5.74) is 5.49. The van der Waals surface area contributed by atoms with Gasteiger partial charge < -0.3 is 10.2 Å². The highest BCUT2D eigenvalue weighted by atomic mass is 19.4. The van der Waals surface area contributed by atoms with Gasteiger partial charge in [-0.1, -0.05) is 36.4 Å². The predicted octanol–water partition coefficient (Wildman–Crippen LogP) is 5.89. The lowest BCUT2D eigenvalue weighted by Crippen LogP contribution is -2.32. The van der Waals surface area contributed by atoms with Crippen molar-refractivity contribution in [1.82, 2.24) is 29.9 Å². The molecule has 1 atom stereocenters. The van der Waals surface area contributed by atoms with Crippen molar-refractivity contribution >= 4 is 11.6 Å². The summed E-state index contributed by atoms with van der Waals surface area (Å²) in [6, 6.07) is 18.1. The van der Waals surface area contributed by atoms with E-state index in [9.17, 15) is 13.2 Å². The van der Waals surface area contributed by atoms with Crippen molar-refractivity contribution in [3.8, 4) is 11.1 Å². The van der Waals surface area contributed by atoms with Crippen molar-refractivity contribution in [3.63, 3.8) is 0 Å². The Kier molecular flexibility index (Phi) is 7.03.